The topological polar surface area (TPSA) is 161 Å². The van der Waals surface area contributed by atoms with Crippen LogP contribution in [0, 0.1) is 32.1 Å². The second-order valence-electron chi connectivity index (χ2n) is 11.2. The van der Waals surface area contributed by atoms with Crippen LogP contribution in [0.4, 0.5) is 11.4 Å². The fourth-order valence-electron chi connectivity index (χ4n) is 7.03. The van der Waals surface area contributed by atoms with Gasteiger partial charge in [-0.1, -0.05) is 60.7 Å². The van der Waals surface area contributed by atoms with Crippen LogP contribution in [0.1, 0.15) is 54.8 Å². The molecular formula is C33H22N4O8. The molecule has 1 saturated heterocycles. The molecule has 0 unspecified atom stereocenters. The van der Waals surface area contributed by atoms with E-state index in [0.717, 1.165) is 50.5 Å². The molecule has 2 bridgehead atoms. The van der Waals surface area contributed by atoms with E-state index in [1.807, 2.05) is 48.5 Å². The Hall–Kier alpha value is -6.04. The number of amides is 3. The highest BCUT2D eigenvalue weighted by atomic mass is 16.6. The quantitative estimate of drug-likeness (QED) is 0.128. The first kappa shape index (κ1) is 27.8. The minimum absolute atomic E-state index is 0.0953. The molecule has 12 nitrogen and oxygen atoms in total. The Morgan fingerprint density at radius 3 is 1.60 bits per heavy atom. The Bertz CT molecular complexity index is 1860. The second kappa shape index (κ2) is 10.3. The van der Waals surface area contributed by atoms with Gasteiger partial charge in [0.1, 0.15) is 6.54 Å². The van der Waals surface area contributed by atoms with Crippen LogP contribution < -0.4 is 0 Å². The van der Waals surface area contributed by atoms with Crippen LogP contribution in [-0.4, -0.2) is 49.9 Å². The lowest BCUT2D eigenvalue weighted by Gasteiger charge is -2.45. The third-order valence-corrected chi connectivity index (χ3v) is 8.90. The number of nitro groups is 2. The van der Waals surface area contributed by atoms with Crippen LogP contribution in [-0.2, 0) is 9.59 Å². The zero-order valence-corrected chi connectivity index (χ0v) is 23.3. The number of benzene rings is 4. The van der Waals surface area contributed by atoms with Crippen molar-refractivity contribution < 1.29 is 29.0 Å². The summed E-state index contributed by atoms with van der Waals surface area (Å²) in [5.74, 6) is -5.56. The smallest absolute Gasteiger partial charge is 0.273 e. The van der Waals surface area contributed by atoms with Crippen LogP contribution >= 0.6 is 0 Å². The van der Waals surface area contributed by atoms with Crippen molar-refractivity contribution in [2.24, 2.45) is 11.8 Å². The Labute approximate surface area is 254 Å². The molecule has 8 rings (SSSR count). The molecule has 3 aliphatic carbocycles. The number of non-ortho nitro benzene ring substituents is 2. The van der Waals surface area contributed by atoms with Crippen molar-refractivity contribution in [3.63, 3.8) is 0 Å². The van der Waals surface area contributed by atoms with Crippen molar-refractivity contribution in [1.29, 1.82) is 0 Å². The van der Waals surface area contributed by atoms with Crippen LogP contribution in [0.2, 0.25) is 0 Å². The van der Waals surface area contributed by atoms with Crippen LogP contribution in [0.3, 0.4) is 0 Å². The highest BCUT2D eigenvalue weighted by Gasteiger charge is 2.63. The first-order valence-corrected chi connectivity index (χ1v) is 14.1. The summed E-state index contributed by atoms with van der Waals surface area (Å²) >= 11 is 0. The number of nitrogens with zero attached hydrogens (tertiary/aromatic N) is 4. The molecular weight excluding hydrogens is 580 g/mol. The van der Waals surface area contributed by atoms with Gasteiger partial charge in [0.05, 0.1) is 21.7 Å². The van der Waals surface area contributed by atoms with Crippen molar-refractivity contribution in [2.75, 3.05) is 6.54 Å². The van der Waals surface area contributed by atoms with E-state index < -0.39 is 63.6 Å². The summed E-state index contributed by atoms with van der Waals surface area (Å²) in [5.41, 5.74) is 2.87. The minimum Gasteiger partial charge on any atom is -0.292 e. The van der Waals surface area contributed by atoms with Gasteiger partial charge in [0.2, 0.25) is 0 Å². The van der Waals surface area contributed by atoms with Crippen LogP contribution in [0.5, 0.6) is 0 Å². The normalized spacial score (nSPS) is 20.7. The molecule has 4 aromatic carbocycles. The monoisotopic (exact) mass is 602 g/mol. The molecule has 4 aromatic rings. The zero-order chi connectivity index (χ0) is 31.6. The average Bonchev–Trinajstić information content (AvgIpc) is 3.32. The summed E-state index contributed by atoms with van der Waals surface area (Å²) < 4.78 is 0. The predicted molar refractivity (Wildman–Crippen MR) is 157 cm³/mol. The molecule has 45 heavy (non-hydrogen) atoms. The maximum Gasteiger partial charge on any atom is 0.273 e. The number of hydrogen-bond acceptors (Lipinski definition) is 8. The van der Waals surface area contributed by atoms with Crippen molar-refractivity contribution in [1.82, 2.24) is 10.0 Å². The lowest BCUT2D eigenvalue weighted by Crippen LogP contribution is -2.52. The van der Waals surface area contributed by atoms with Crippen LogP contribution in [0.15, 0.2) is 97.1 Å². The van der Waals surface area contributed by atoms with Gasteiger partial charge in [-0.15, -0.1) is 0 Å². The van der Waals surface area contributed by atoms with Crippen molar-refractivity contribution in [2.45, 2.75) is 11.8 Å². The maximum atomic E-state index is 14.4. The third kappa shape index (κ3) is 4.21. The van der Waals surface area contributed by atoms with Gasteiger partial charge in [-0.2, -0.15) is 5.01 Å². The molecule has 3 amide bonds. The Morgan fingerprint density at radius 2 is 1.13 bits per heavy atom. The van der Waals surface area contributed by atoms with Gasteiger partial charge >= 0.3 is 0 Å². The van der Waals surface area contributed by atoms with E-state index in [9.17, 15) is 39.4 Å². The fourth-order valence-corrected chi connectivity index (χ4v) is 7.03. The highest BCUT2D eigenvalue weighted by Crippen LogP contribution is 2.61. The number of hydrogen-bond donors (Lipinski definition) is 0. The van der Waals surface area contributed by atoms with Gasteiger partial charge in [0, 0.05) is 47.2 Å². The van der Waals surface area contributed by atoms with E-state index in [1.165, 1.54) is 30.3 Å². The first-order chi connectivity index (χ1) is 21.7. The Balaban J connectivity index is 1.32. The van der Waals surface area contributed by atoms with E-state index in [1.54, 1.807) is 0 Å². The van der Waals surface area contributed by atoms with Gasteiger partial charge < -0.3 is 0 Å². The lowest BCUT2D eigenvalue weighted by molar-refractivity contribution is -0.385. The molecule has 0 spiro atoms. The third-order valence-electron chi connectivity index (χ3n) is 8.90. The van der Waals surface area contributed by atoms with Crippen molar-refractivity contribution in [3.8, 4) is 0 Å². The second-order valence-corrected chi connectivity index (χ2v) is 11.2. The van der Waals surface area contributed by atoms with Gasteiger partial charge in [0.25, 0.3) is 29.1 Å². The molecule has 0 aromatic heterocycles. The molecule has 12 heteroatoms. The number of hydrazine groups is 1. The van der Waals surface area contributed by atoms with E-state index in [0.29, 0.717) is 0 Å². The standard InChI is InChI=1S/C33H22N4O8/c38-26(19-6-5-7-21(16-19)37(44)45)17-34(31(39)18-12-14-20(15-13-18)36(42)43)35-32(40)29-27-22-8-1-2-9-23(22)28(30(29)33(35)41)25-11-4-3-10-24(25)27/h1-16,27-30H,17H2/t27?,28?,29-,30-/m1/s1. The first-order valence-electron chi connectivity index (χ1n) is 14.1. The SMILES string of the molecule is O=C(CN(C(=O)c1ccc([N+](=O)[O-])cc1)N1C(=O)[C@@H]2C3c4ccccc4C(c4ccccc43)[C@H]2C1=O)c1cccc([N+](=O)[O-])c1. The van der Waals surface area contributed by atoms with Crippen molar-refractivity contribution in [3.05, 3.63) is 151 Å². The van der Waals surface area contributed by atoms with E-state index in [-0.39, 0.29) is 22.5 Å². The van der Waals surface area contributed by atoms with E-state index >= 15 is 0 Å². The number of nitro benzene ring substituents is 2. The highest BCUT2D eigenvalue weighted by molar-refractivity contribution is 6.11. The molecule has 0 radical (unpaired) electrons. The van der Waals surface area contributed by atoms with Crippen molar-refractivity contribution >= 4 is 34.9 Å². The number of imide groups is 1. The van der Waals surface area contributed by atoms with E-state index in [2.05, 4.69) is 0 Å². The number of carbonyl (C=O) groups excluding carboxylic acids is 4. The summed E-state index contributed by atoms with van der Waals surface area (Å²) in [6.07, 6.45) is 0. The summed E-state index contributed by atoms with van der Waals surface area (Å²) in [7, 11) is 0. The molecule has 0 saturated carbocycles. The summed E-state index contributed by atoms with van der Waals surface area (Å²) in [5, 5.41) is 24.1. The minimum atomic E-state index is -0.911. The maximum absolute atomic E-state index is 14.4. The average molecular weight is 603 g/mol. The lowest BCUT2D eigenvalue weighted by atomic mass is 9.55. The number of rotatable bonds is 7. The largest absolute Gasteiger partial charge is 0.292 e. The van der Waals surface area contributed by atoms with Gasteiger partial charge in [-0.3, -0.25) is 39.4 Å². The van der Waals surface area contributed by atoms with Gasteiger partial charge in [0.15, 0.2) is 5.78 Å². The zero-order valence-electron chi connectivity index (χ0n) is 23.3. The molecule has 1 heterocycles. The predicted octanol–water partition coefficient (Wildman–Crippen LogP) is 4.64. The fraction of sp³-hybridized carbons (Fsp3) is 0.152. The summed E-state index contributed by atoms with van der Waals surface area (Å²) in [6, 6.07) is 24.7. The molecule has 1 aliphatic heterocycles. The number of Topliss-reactive ketones (excluding diaryl/α,β-unsaturated/α-hetero) is 1. The number of ketones is 1. The molecule has 1 fully saturated rings. The van der Waals surface area contributed by atoms with E-state index in [4.69, 9.17) is 0 Å². The Morgan fingerprint density at radius 1 is 0.644 bits per heavy atom. The molecule has 4 aliphatic rings. The molecule has 2 atom stereocenters. The molecule has 222 valence electrons. The number of carbonyl (C=O) groups is 4. The van der Waals surface area contributed by atoms with Gasteiger partial charge in [-0.25, -0.2) is 5.01 Å². The van der Waals surface area contributed by atoms with Gasteiger partial charge in [-0.05, 0) is 34.4 Å². The summed E-state index contributed by atoms with van der Waals surface area (Å²) in [4.78, 5) is 77.5. The van der Waals surface area contributed by atoms with Crippen LogP contribution in [0.25, 0.3) is 0 Å². The Kier molecular flexibility index (Phi) is 6.36. The molecule has 0 N–H and O–H groups in total. The summed E-state index contributed by atoms with van der Waals surface area (Å²) in [6.45, 7) is -0.789.